The van der Waals surface area contributed by atoms with Crippen LogP contribution >= 0.6 is 23.5 Å². The molecule has 3 nitrogen and oxygen atoms in total. The van der Waals surface area contributed by atoms with E-state index in [-0.39, 0.29) is 5.02 Å². The van der Waals surface area contributed by atoms with Crippen molar-refractivity contribution >= 4 is 35.2 Å². The lowest BCUT2D eigenvalue weighted by atomic mass is 10.0. The first kappa shape index (κ1) is 14.2. The molecule has 7 heteroatoms. The van der Waals surface area contributed by atoms with Crippen molar-refractivity contribution in [2.45, 2.75) is 4.90 Å². The van der Waals surface area contributed by atoms with E-state index in [0.717, 1.165) is 11.9 Å². The van der Waals surface area contributed by atoms with E-state index < -0.39 is 11.6 Å². The Morgan fingerprint density at radius 3 is 2.81 bits per heavy atom. The molecule has 3 rings (SSSR count). The minimum absolute atomic E-state index is 0.0365. The first-order valence-corrected chi connectivity index (χ1v) is 7.23. The highest BCUT2D eigenvalue weighted by molar-refractivity contribution is 7.98. The van der Waals surface area contributed by atoms with Crippen molar-refractivity contribution in [3.8, 4) is 11.1 Å². The Morgan fingerprint density at radius 2 is 2.05 bits per heavy atom. The van der Waals surface area contributed by atoms with Crippen molar-refractivity contribution < 1.29 is 8.78 Å². The second kappa shape index (κ2) is 5.54. The van der Waals surface area contributed by atoms with Crippen LogP contribution in [-0.4, -0.2) is 13.0 Å². The van der Waals surface area contributed by atoms with Crippen molar-refractivity contribution in [2.75, 3.05) is 12.4 Å². The van der Waals surface area contributed by atoms with Gasteiger partial charge in [-0.3, -0.25) is 0 Å². The highest BCUT2D eigenvalue weighted by Gasteiger charge is 2.20. The van der Waals surface area contributed by atoms with Gasteiger partial charge in [0.15, 0.2) is 0 Å². The minimum atomic E-state index is -0.543. The lowest BCUT2D eigenvalue weighted by Crippen LogP contribution is -2.28. The fraction of sp³-hybridized carbons (Fsp3) is 0.0714. The molecule has 1 aliphatic rings. The van der Waals surface area contributed by atoms with Gasteiger partial charge in [0.05, 0.1) is 15.6 Å². The summed E-state index contributed by atoms with van der Waals surface area (Å²) in [5.74, 6) is -0.437. The van der Waals surface area contributed by atoms with Crippen molar-refractivity contribution in [3.63, 3.8) is 0 Å². The van der Waals surface area contributed by atoms with E-state index >= 15 is 0 Å². The maximum atomic E-state index is 13.8. The second-order valence-electron chi connectivity index (χ2n) is 4.33. The van der Waals surface area contributed by atoms with Gasteiger partial charge in [-0.25, -0.2) is 8.78 Å². The molecule has 0 aromatic heterocycles. The van der Waals surface area contributed by atoms with Gasteiger partial charge in [0.2, 0.25) is 5.96 Å². The number of rotatable bonds is 1. The molecule has 108 valence electrons. The van der Waals surface area contributed by atoms with Gasteiger partial charge in [0.25, 0.3) is 0 Å². The van der Waals surface area contributed by atoms with Crippen LogP contribution in [0.1, 0.15) is 0 Å². The quantitative estimate of drug-likeness (QED) is 0.768. The molecular weight excluding hydrogens is 316 g/mol. The maximum Gasteiger partial charge on any atom is 0.207 e. The van der Waals surface area contributed by atoms with Crippen LogP contribution in [0.3, 0.4) is 0 Å². The molecule has 0 bridgehead atoms. The third-order valence-electron chi connectivity index (χ3n) is 3.02. The van der Waals surface area contributed by atoms with Crippen LogP contribution in [0.15, 0.2) is 39.6 Å². The molecule has 0 atom stereocenters. The first-order chi connectivity index (χ1) is 10.1. The average molecular weight is 326 g/mol. The molecule has 0 saturated heterocycles. The molecule has 21 heavy (non-hydrogen) atoms. The Kier molecular flexibility index (Phi) is 3.73. The standard InChI is InChI=1S/C14H10ClF2N3S/c1-18-14-19-13-9(5-7(16)6-11(13)21-20-14)8-3-2-4-10(17)12(8)15/h2-6H,1H3,(H2,18,19,20). The third-order valence-corrected chi connectivity index (χ3v) is 4.20. The molecule has 1 heterocycles. The Bertz CT molecular complexity index is 749. The molecule has 2 aromatic rings. The van der Waals surface area contributed by atoms with Crippen molar-refractivity contribution in [1.82, 2.24) is 5.32 Å². The van der Waals surface area contributed by atoms with Crippen LogP contribution < -0.4 is 10.6 Å². The number of fused-ring (bicyclic) bond motifs is 1. The minimum Gasteiger partial charge on any atom is -0.358 e. The molecule has 1 aliphatic heterocycles. The molecule has 0 spiro atoms. The molecule has 2 N–H and O–H groups in total. The van der Waals surface area contributed by atoms with Crippen LogP contribution in [0.4, 0.5) is 14.5 Å². The summed E-state index contributed by atoms with van der Waals surface area (Å²) in [4.78, 5) is 0.615. The van der Waals surface area contributed by atoms with E-state index in [1.807, 2.05) is 0 Å². The molecule has 0 aliphatic carbocycles. The number of benzene rings is 2. The highest BCUT2D eigenvalue weighted by Crippen LogP contribution is 2.42. The summed E-state index contributed by atoms with van der Waals surface area (Å²) in [5.41, 5.74) is 1.57. The highest BCUT2D eigenvalue weighted by atomic mass is 35.5. The summed E-state index contributed by atoms with van der Waals surface area (Å²) in [5, 5.41) is 5.90. The zero-order chi connectivity index (χ0) is 15.0. The molecule has 0 unspecified atom stereocenters. The summed E-state index contributed by atoms with van der Waals surface area (Å²) in [6.07, 6.45) is 0. The number of nitrogens with one attached hydrogen (secondary N) is 2. The predicted octanol–water partition coefficient (Wildman–Crippen LogP) is 4.29. The van der Waals surface area contributed by atoms with Crippen LogP contribution in [0.2, 0.25) is 5.02 Å². The van der Waals surface area contributed by atoms with E-state index in [4.69, 9.17) is 11.6 Å². The van der Waals surface area contributed by atoms with Crippen LogP contribution in [0.25, 0.3) is 11.1 Å². The SMILES string of the molecule is CNC1=NSc2cc(F)cc(-c3cccc(F)c3Cl)c2N1. The number of guanidine groups is 1. The maximum absolute atomic E-state index is 13.8. The Balaban J connectivity index is 2.20. The monoisotopic (exact) mass is 325 g/mol. The smallest absolute Gasteiger partial charge is 0.207 e. The predicted molar refractivity (Wildman–Crippen MR) is 82.8 cm³/mol. The van der Waals surface area contributed by atoms with E-state index in [1.54, 1.807) is 13.1 Å². The van der Waals surface area contributed by atoms with Crippen LogP contribution in [-0.2, 0) is 0 Å². The summed E-state index contributed by atoms with van der Waals surface area (Å²) in [7, 11) is 1.72. The fourth-order valence-electron chi connectivity index (χ4n) is 2.05. The average Bonchev–Trinajstić information content (AvgIpc) is 2.49. The van der Waals surface area contributed by atoms with Gasteiger partial charge in [0.1, 0.15) is 11.6 Å². The number of nitrogens with zero attached hydrogens (tertiary/aromatic N) is 1. The molecule has 2 aromatic carbocycles. The first-order valence-electron chi connectivity index (χ1n) is 6.08. The van der Waals surface area contributed by atoms with Gasteiger partial charge in [-0.15, -0.1) is 0 Å². The number of halogens is 3. The molecule has 0 radical (unpaired) electrons. The molecule has 0 fully saturated rings. The Labute approximate surface area is 129 Å². The van der Waals surface area contributed by atoms with Crippen LogP contribution in [0.5, 0.6) is 0 Å². The van der Waals surface area contributed by atoms with Gasteiger partial charge in [-0.2, -0.15) is 4.40 Å². The molecular formula is C14H10ClF2N3S. The number of anilines is 1. The lowest BCUT2D eigenvalue weighted by molar-refractivity contribution is 0.624. The largest absolute Gasteiger partial charge is 0.358 e. The van der Waals surface area contributed by atoms with Crippen LogP contribution in [0, 0.1) is 11.6 Å². The van der Waals surface area contributed by atoms with E-state index in [9.17, 15) is 8.78 Å². The number of hydrogen-bond acceptors (Lipinski definition) is 4. The lowest BCUT2D eigenvalue weighted by Gasteiger charge is -2.21. The second-order valence-corrected chi connectivity index (χ2v) is 5.52. The van der Waals surface area contributed by atoms with Gasteiger partial charge >= 0.3 is 0 Å². The number of hydrogen-bond donors (Lipinski definition) is 2. The zero-order valence-corrected chi connectivity index (χ0v) is 12.4. The third kappa shape index (κ3) is 2.56. The van der Waals surface area contributed by atoms with Crippen molar-refractivity contribution in [3.05, 3.63) is 47.0 Å². The van der Waals surface area contributed by atoms with Gasteiger partial charge in [0, 0.05) is 30.1 Å². The normalized spacial score (nSPS) is 13.2. The van der Waals surface area contributed by atoms with Gasteiger partial charge < -0.3 is 10.6 Å². The fourth-order valence-corrected chi connectivity index (χ4v) is 3.02. The molecule has 0 amide bonds. The summed E-state index contributed by atoms with van der Waals surface area (Å²) < 4.78 is 31.6. The Morgan fingerprint density at radius 1 is 1.24 bits per heavy atom. The summed E-state index contributed by atoms with van der Waals surface area (Å²) in [6.45, 7) is 0. The Hall–Kier alpha value is -1.79. The van der Waals surface area contributed by atoms with E-state index in [0.29, 0.717) is 27.7 Å². The van der Waals surface area contributed by atoms with Crippen molar-refractivity contribution in [2.24, 2.45) is 4.40 Å². The zero-order valence-electron chi connectivity index (χ0n) is 10.9. The molecule has 0 saturated carbocycles. The van der Waals surface area contributed by atoms with E-state index in [1.165, 1.54) is 24.3 Å². The topological polar surface area (TPSA) is 36.4 Å². The van der Waals surface area contributed by atoms with Gasteiger partial charge in [-0.1, -0.05) is 23.7 Å². The van der Waals surface area contributed by atoms with E-state index in [2.05, 4.69) is 15.0 Å². The van der Waals surface area contributed by atoms with Gasteiger partial charge in [-0.05, 0) is 18.2 Å². The summed E-state index contributed by atoms with van der Waals surface area (Å²) in [6, 6.07) is 7.15. The summed E-state index contributed by atoms with van der Waals surface area (Å²) >= 11 is 7.16. The van der Waals surface area contributed by atoms with Crippen molar-refractivity contribution in [1.29, 1.82) is 0 Å².